The number of nitrogens with one attached hydrogen (secondary N) is 1. The van der Waals surface area contributed by atoms with Crippen molar-refractivity contribution in [1.82, 2.24) is 10.2 Å². The van der Waals surface area contributed by atoms with Gasteiger partial charge in [0.2, 0.25) is 0 Å². The van der Waals surface area contributed by atoms with Gasteiger partial charge in [-0.05, 0) is 39.8 Å². The summed E-state index contributed by atoms with van der Waals surface area (Å²) in [5, 5.41) is 7.34. The van der Waals surface area contributed by atoms with Gasteiger partial charge in [-0.3, -0.25) is 5.10 Å². The third-order valence-electron chi connectivity index (χ3n) is 4.64. The highest BCUT2D eigenvalue weighted by molar-refractivity contribution is 6.63. The number of hydrogen-bond donors (Lipinski definition) is 1. The molecule has 1 aromatic carbocycles. The molecule has 0 bridgehead atoms. The maximum atomic E-state index is 6.46. The minimum Gasteiger partial charge on any atom is -0.497 e. The molecule has 122 valence electrons. The molecule has 0 atom stereocenters. The fourth-order valence-electron chi connectivity index (χ4n) is 2.52. The normalized spacial score (nSPS) is 19.1. The van der Waals surface area contributed by atoms with Crippen molar-refractivity contribution >= 4 is 24.2 Å². The first-order valence-electron chi connectivity index (χ1n) is 7.47. The second-order valence-electron chi connectivity index (χ2n) is 6.65. The summed E-state index contributed by atoms with van der Waals surface area (Å²) in [5.74, 6) is 0.670. The Morgan fingerprint density at radius 3 is 2.35 bits per heavy atom. The summed E-state index contributed by atoms with van der Waals surface area (Å²) in [6.07, 6.45) is 3.50. The number of benzene rings is 1. The summed E-state index contributed by atoms with van der Waals surface area (Å²) < 4.78 is 17.7. The number of nitrogens with zero attached hydrogens (tertiary/aromatic N) is 1. The van der Waals surface area contributed by atoms with Crippen LogP contribution >= 0.6 is 11.6 Å². The second-order valence-corrected chi connectivity index (χ2v) is 7.06. The van der Waals surface area contributed by atoms with Crippen molar-refractivity contribution in [3.8, 4) is 16.9 Å². The zero-order valence-corrected chi connectivity index (χ0v) is 14.7. The zero-order valence-electron chi connectivity index (χ0n) is 13.9. The predicted molar refractivity (Wildman–Crippen MR) is 91.3 cm³/mol. The van der Waals surface area contributed by atoms with E-state index in [0.29, 0.717) is 10.8 Å². The SMILES string of the molecule is COc1cc(-c2cn[nH]c2)c(Cl)cc1B1OC(C)(C)C(C)(C)O1. The molecule has 0 radical (unpaired) electrons. The van der Waals surface area contributed by atoms with E-state index in [1.54, 1.807) is 19.5 Å². The Morgan fingerprint density at radius 1 is 1.17 bits per heavy atom. The minimum atomic E-state index is -0.522. The van der Waals surface area contributed by atoms with Crippen LogP contribution in [0.25, 0.3) is 11.1 Å². The molecule has 0 saturated carbocycles. The highest BCUT2D eigenvalue weighted by Gasteiger charge is 2.52. The number of halogens is 1. The minimum absolute atomic E-state index is 0.418. The zero-order chi connectivity index (χ0) is 16.8. The molecule has 2 aromatic rings. The molecule has 0 spiro atoms. The Labute approximate surface area is 141 Å². The van der Waals surface area contributed by atoms with E-state index in [-0.39, 0.29) is 0 Å². The number of H-pyrrole nitrogens is 1. The van der Waals surface area contributed by atoms with Crippen LogP contribution in [0.15, 0.2) is 24.5 Å². The van der Waals surface area contributed by atoms with E-state index in [1.165, 1.54) is 0 Å². The Hall–Kier alpha value is -1.50. The van der Waals surface area contributed by atoms with Crippen molar-refractivity contribution in [2.75, 3.05) is 7.11 Å². The smallest absolute Gasteiger partial charge is 0.497 e. The van der Waals surface area contributed by atoms with E-state index in [4.69, 9.17) is 25.6 Å². The van der Waals surface area contributed by atoms with Gasteiger partial charge in [0.05, 0.1) is 24.5 Å². The molecule has 1 fully saturated rings. The summed E-state index contributed by atoms with van der Waals surface area (Å²) in [4.78, 5) is 0. The summed E-state index contributed by atoms with van der Waals surface area (Å²) in [6, 6.07) is 3.72. The number of aromatic nitrogens is 2. The van der Waals surface area contributed by atoms with Gasteiger partial charge in [-0.2, -0.15) is 5.10 Å². The number of ether oxygens (including phenoxy) is 1. The van der Waals surface area contributed by atoms with E-state index < -0.39 is 18.3 Å². The largest absolute Gasteiger partial charge is 0.498 e. The summed E-state index contributed by atoms with van der Waals surface area (Å²) in [6.45, 7) is 8.06. The molecule has 7 heteroatoms. The summed E-state index contributed by atoms with van der Waals surface area (Å²) >= 11 is 6.46. The Bertz CT molecular complexity index is 700. The lowest BCUT2D eigenvalue weighted by Gasteiger charge is -2.32. The molecule has 5 nitrogen and oxygen atoms in total. The molecule has 0 amide bonds. The van der Waals surface area contributed by atoms with Gasteiger partial charge >= 0.3 is 7.12 Å². The van der Waals surface area contributed by atoms with Crippen LogP contribution in [0, 0.1) is 0 Å². The topological polar surface area (TPSA) is 56.4 Å². The molecule has 23 heavy (non-hydrogen) atoms. The molecule has 1 aliphatic rings. The van der Waals surface area contributed by atoms with E-state index in [9.17, 15) is 0 Å². The van der Waals surface area contributed by atoms with Crippen LogP contribution in [0.3, 0.4) is 0 Å². The van der Waals surface area contributed by atoms with Crippen LogP contribution in [0.5, 0.6) is 5.75 Å². The molecule has 1 saturated heterocycles. The van der Waals surface area contributed by atoms with Crippen molar-refractivity contribution in [3.05, 3.63) is 29.5 Å². The van der Waals surface area contributed by atoms with Gasteiger partial charge in [0.15, 0.2) is 0 Å². The van der Waals surface area contributed by atoms with Crippen molar-refractivity contribution in [2.45, 2.75) is 38.9 Å². The first kappa shape index (κ1) is 16.4. The first-order valence-corrected chi connectivity index (χ1v) is 7.85. The van der Waals surface area contributed by atoms with Crippen LogP contribution < -0.4 is 10.2 Å². The summed E-state index contributed by atoms with van der Waals surface area (Å²) in [7, 11) is 1.10. The molecular formula is C16H20BClN2O3. The van der Waals surface area contributed by atoms with Gasteiger partial charge in [-0.25, -0.2) is 0 Å². The van der Waals surface area contributed by atoms with E-state index in [2.05, 4.69) is 10.2 Å². The van der Waals surface area contributed by atoms with Gasteiger partial charge in [-0.15, -0.1) is 0 Å². The maximum absolute atomic E-state index is 6.46. The fraction of sp³-hybridized carbons (Fsp3) is 0.438. The van der Waals surface area contributed by atoms with E-state index >= 15 is 0 Å². The number of rotatable bonds is 3. The highest BCUT2D eigenvalue weighted by Crippen LogP contribution is 2.38. The lowest BCUT2D eigenvalue weighted by molar-refractivity contribution is 0.00578. The van der Waals surface area contributed by atoms with Gasteiger partial charge in [0.25, 0.3) is 0 Å². The van der Waals surface area contributed by atoms with Crippen LogP contribution in [0.1, 0.15) is 27.7 Å². The van der Waals surface area contributed by atoms with E-state index in [0.717, 1.165) is 16.6 Å². The maximum Gasteiger partial charge on any atom is 0.498 e. The van der Waals surface area contributed by atoms with Crippen LogP contribution in [-0.4, -0.2) is 35.6 Å². The van der Waals surface area contributed by atoms with Gasteiger partial charge in [0.1, 0.15) is 5.75 Å². The number of hydrogen-bond acceptors (Lipinski definition) is 4. The average Bonchev–Trinajstić information content (AvgIpc) is 3.05. The molecule has 1 aromatic heterocycles. The second kappa shape index (κ2) is 5.55. The molecule has 3 rings (SSSR count). The van der Waals surface area contributed by atoms with Crippen LogP contribution in [0.4, 0.5) is 0 Å². The average molecular weight is 335 g/mol. The van der Waals surface area contributed by atoms with Crippen LogP contribution in [0.2, 0.25) is 5.02 Å². The molecular weight excluding hydrogens is 314 g/mol. The Balaban J connectivity index is 2.03. The van der Waals surface area contributed by atoms with Crippen molar-refractivity contribution in [1.29, 1.82) is 0 Å². The fourth-order valence-corrected chi connectivity index (χ4v) is 2.80. The summed E-state index contributed by atoms with van der Waals surface area (Å²) in [5.41, 5.74) is 1.69. The molecule has 2 heterocycles. The lowest BCUT2D eigenvalue weighted by Crippen LogP contribution is -2.41. The van der Waals surface area contributed by atoms with Crippen LogP contribution in [-0.2, 0) is 9.31 Å². The molecule has 1 aliphatic heterocycles. The third kappa shape index (κ3) is 2.75. The quantitative estimate of drug-likeness (QED) is 0.877. The predicted octanol–water partition coefficient (Wildman–Crippen LogP) is 3.04. The lowest BCUT2D eigenvalue weighted by atomic mass is 9.77. The van der Waals surface area contributed by atoms with Crippen molar-refractivity contribution in [3.63, 3.8) is 0 Å². The van der Waals surface area contributed by atoms with Crippen molar-refractivity contribution < 1.29 is 14.0 Å². The third-order valence-corrected chi connectivity index (χ3v) is 4.95. The van der Waals surface area contributed by atoms with Crippen molar-refractivity contribution in [2.24, 2.45) is 0 Å². The van der Waals surface area contributed by atoms with E-state index in [1.807, 2.05) is 39.8 Å². The Morgan fingerprint density at radius 2 is 1.83 bits per heavy atom. The standard InChI is InChI=1S/C16H20BClN2O3/c1-15(2)16(3,4)23-17(22-15)12-7-13(18)11(6-14(12)21-5)10-8-19-20-9-10/h6-9H,1-5H3,(H,19,20). The highest BCUT2D eigenvalue weighted by atomic mass is 35.5. The molecule has 0 aliphatic carbocycles. The first-order chi connectivity index (χ1) is 10.7. The number of methoxy groups -OCH3 is 1. The van der Waals surface area contributed by atoms with Gasteiger partial charge in [0, 0.05) is 27.8 Å². The van der Waals surface area contributed by atoms with Gasteiger partial charge in [-0.1, -0.05) is 11.6 Å². The molecule has 0 unspecified atom stereocenters. The Kier molecular flexibility index (Phi) is 3.95. The molecule has 1 N–H and O–H groups in total. The number of aromatic amines is 1. The van der Waals surface area contributed by atoms with Gasteiger partial charge < -0.3 is 14.0 Å². The monoisotopic (exact) mass is 334 g/mol.